The smallest absolute Gasteiger partial charge is 0.230 e. The Morgan fingerprint density at radius 1 is 1.29 bits per heavy atom. The minimum absolute atomic E-state index is 0.00433. The van der Waals surface area contributed by atoms with Crippen LogP contribution in [0.1, 0.15) is 32.6 Å². The molecule has 1 aromatic carbocycles. The largest absolute Gasteiger partial charge is 0.497 e. The number of amides is 1. The van der Waals surface area contributed by atoms with Crippen LogP contribution in [-0.4, -0.2) is 46.8 Å². The van der Waals surface area contributed by atoms with Gasteiger partial charge in [-0.15, -0.1) is 10.2 Å². The van der Waals surface area contributed by atoms with E-state index in [0.29, 0.717) is 34.0 Å². The average Bonchev–Trinajstić information content (AvgIpc) is 3.07. The maximum absolute atomic E-state index is 12.3. The summed E-state index contributed by atoms with van der Waals surface area (Å²) in [6.07, 6.45) is 4.64. The molecule has 1 amide bonds. The summed E-state index contributed by atoms with van der Waals surface area (Å²) in [4.78, 5) is 12.3. The zero-order valence-electron chi connectivity index (χ0n) is 16.5. The molecule has 0 spiro atoms. The maximum Gasteiger partial charge on any atom is 0.230 e. The van der Waals surface area contributed by atoms with Gasteiger partial charge in [0, 0.05) is 12.1 Å². The topological polar surface area (TPSA) is 104 Å². The zero-order chi connectivity index (χ0) is 20.1. The minimum Gasteiger partial charge on any atom is -0.497 e. The number of ether oxygens (including phenoxy) is 2. The van der Waals surface area contributed by atoms with E-state index in [1.165, 1.54) is 35.7 Å². The number of benzene rings is 1. The van der Waals surface area contributed by atoms with Crippen LogP contribution in [0.2, 0.25) is 0 Å². The van der Waals surface area contributed by atoms with Crippen molar-refractivity contribution in [2.24, 2.45) is 5.92 Å². The first kappa shape index (κ1) is 20.3. The molecule has 9 heteroatoms. The van der Waals surface area contributed by atoms with Crippen molar-refractivity contribution in [1.82, 2.24) is 20.2 Å². The van der Waals surface area contributed by atoms with Gasteiger partial charge in [-0.05, 0) is 30.9 Å². The number of nitrogen functional groups attached to an aromatic ring is 1. The molecule has 8 nitrogen and oxygen atoms in total. The first-order chi connectivity index (χ1) is 13.5. The lowest BCUT2D eigenvalue weighted by Gasteiger charge is -2.29. The number of carbonyl (C=O) groups is 1. The van der Waals surface area contributed by atoms with Gasteiger partial charge in [0.15, 0.2) is 5.82 Å². The highest BCUT2D eigenvalue weighted by Gasteiger charge is 2.23. The van der Waals surface area contributed by atoms with Crippen molar-refractivity contribution < 1.29 is 14.3 Å². The first-order valence-corrected chi connectivity index (χ1v) is 10.4. The molecule has 3 rings (SSSR count). The predicted octanol–water partition coefficient (Wildman–Crippen LogP) is 2.46. The van der Waals surface area contributed by atoms with Gasteiger partial charge in [-0.2, -0.15) is 0 Å². The lowest BCUT2D eigenvalue weighted by Crippen LogP contribution is -2.41. The molecule has 1 aliphatic rings. The van der Waals surface area contributed by atoms with E-state index in [2.05, 4.69) is 22.4 Å². The van der Waals surface area contributed by atoms with Gasteiger partial charge >= 0.3 is 0 Å². The summed E-state index contributed by atoms with van der Waals surface area (Å²) in [5.74, 6) is 8.66. The number of hydrogen-bond donors (Lipinski definition) is 2. The fourth-order valence-electron chi connectivity index (χ4n) is 3.45. The summed E-state index contributed by atoms with van der Waals surface area (Å²) in [6, 6.07) is 5.64. The SMILES string of the molecule is COc1ccc(-c2nnc(SCC(=O)N[C@@H]3CCCC[C@H]3C)n2N)c(OC)c1. The van der Waals surface area contributed by atoms with Crippen LogP contribution in [0.4, 0.5) is 0 Å². The Balaban J connectivity index is 1.66. The van der Waals surface area contributed by atoms with E-state index < -0.39 is 0 Å². The number of rotatable bonds is 7. The lowest BCUT2D eigenvalue weighted by atomic mass is 9.86. The molecule has 0 saturated heterocycles. The highest BCUT2D eigenvalue weighted by molar-refractivity contribution is 7.99. The van der Waals surface area contributed by atoms with Gasteiger partial charge in [0.2, 0.25) is 11.1 Å². The second kappa shape index (κ2) is 9.18. The molecule has 1 fully saturated rings. The van der Waals surface area contributed by atoms with Crippen molar-refractivity contribution in [2.75, 3.05) is 25.8 Å². The number of nitrogens with zero attached hydrogens (tertiary/aromatic N) is 3. The van der Waals surface area contributed by atoms with E-state index in [1.54, 1.807) is 26.4 Å². The van der Waals surface area contributed by atoms with Gasteiger partial charge < -0.3 is 20.6 Å². The van der Waals surface area contributed by atoms with Crippen molar-refractivity contribution in [3.05, 3.63) is 18.2 Å². The van der Waals surface area contributed by atoms with Crippen molar-refractivity contribution in [2.45, 2.75) is 43.8 Å². The zero-order valence-corrected chi connectivity index (χ0v) is 17.3. The summed E-state index contributed by atoms with van der Waals surface area (Å²) < 4.78 is 12.0. The molecule has 1 aromatic heterocycles. The van der Waals surface area contributed by atoms with Crippen molar-refractivity contribution in [3.63, 3.8) is 0 Å². The fourth-order valence-corrected chi connectivity index (χ4v) is 4.12. The van der Waals surface area contributed by atoms with Crippen LogP contribution >= 0.6 is 11.8 Å². The molecule has 3 N–H and O–H groups in total. The van der Waals surface area contributed by atoms with Crippen molar-refractivity contribution in [3.8, 4) is 22.9 Å². The Hall–Kier alpha value is -2.42. The van der Waals surface area contributed by atoms with Crippen LogP contribution in [0.25, 0.3) is 11.4 Å². The standard InChI is InChI=1S/C19H27N5O3S/c1-12-6-4-5-7-15(12)21-17(25)11-28-19-23-22-18(24(19)20)14-9-8-13(26-2)10-16(14)27-3/h8-10,12,15H,4-7,11,20H2,1-3H3,(H,21,25)/t12-,15-/m1/s1. The van der Waals surface area contributed by atoms with E-state index in [-0.39, 0.29) is 17.7 Å². The van der Waals surface area contributed by atoms with Gasteiger partial charge in [0.05, 0.1) is 25.5 Å². The van der Waals surface area contributed by atoms with E-state index >= 15 is 0 Å². The number of methoxy groups -OCH3 is 2. The van der Waals surface area contributed by atoms with Gasteiger partial charge in [-0.1, -0.05) is 31.5 Å². The number of hydrogen-bond acceptors (Lipinski definition) is 7. The Labute approximate surface area is 169 Å². The second-order valence-corrected chi connectivity index (χ2v) is 7.91. The van der Waals surface area contributed by atoms with Gasteiger partial charge in [-0.25, -0.2) is 4.68 Å². The van der Waals surface area contributed by atoms with Crippen LogP contribution in [0.15, 0.2) is 23.4 Å². The molecule has 0 bridgehead atoms. The van der Waals surface area contributed by atoms with Crippen molar-refractivity contribution >= 4 is 17.7 Å². The third-order valence-corrected chi connectivity index (χ3v) is 6.05. The van der Waals surface area contributed by atoms with Crippen LogP contribution in [0.5, 0.6) is 11.5 Å². The monoisotopic (exact) mass is 405 g/mol. The molecule has 0 aliphatic heterocycles. The molecular formula is C19H27N5O3S. The molecule has 2 aromatic rings. The number of nitrogens with one attached hydrogen (secondary N) is 1. The average molecular weight is 406 g/mol. The quantitative estimate of drug-likeness (QED) is 0.538. The molecule has 1 heterocycles. The number of aromatic nitrogens is 3. The molecule has 0 radical (unpaired) electrons. The van der Waals surface area contributed by atoms with Gasteiger partial charge in [0.1, 0.15) is 11.5 Å². The number of thioether (sulfide) groups is 1. The summed E-state index contributed by atoms with van der Waals surface area (Å²) in [7, 11) is 3.16. The number of nitrogens with two attached hydrogens (primary N) is 1. The lowest BCUT2D eigenvalue weighted by molar-refractivity contribution is -0.119. The fraction of sp³-hybridized carbons (Fsp3) is 0.526. The molecule has 1 saturated carbocycles. The van der Waals surface area contributed by atoms with Gasteiger partial charge in [0.25, 0.3) is 0 Å². The van der Waals surface area contributed by atoms with Crippen molar-refractivity contribution in [1.29, 1.82) is 0 Å². The summed E-state index contributed by atoms with van der Waals surface area (Å²) in [6.45, 7) is 2.20. The molecule has 152 valence electrons. The molecule has 0 unspecified atom stereocenters. The van der Waals surface area contributed by atoms with Gasteiger partial charge in [-0.3, -0.25) is 4.79 Å². The van der Waals surface area contributed by atoms with Crippen LogP contribution in [-0.2, 0) is 4.79 Å². The third-order valence-electron chi connectivity index (χ3n) is 5.10. The Bertz CT molecular complexity index is 826. The molecular weight excluding hydrogens is 378 g/mol. The second-order valence-electron chi connectivity index (χ2n) is 6.97. The Morgan fingerprint density at radius 3 is 2.79 bits per heavy atom. The molecule has 28 heavy (non-hydrogen) atoms. The van der Waals surface area contributed by atoms with Crippen LogP contribution < -0.4 is 20.6 Å². The van der Waals surface area contributed by atoms with Crippen LogP contribution in [0, 0.1) is 5.92 Å². The maximum atomic E-state index is 12.3. The van der Waals surface area contributed by atoms with E-state index in [9.17, 15) is 4.79 Å². The Kier molecular flexibility index (Phi) is 6.66. The molecule has 1 aliphatic carbocycles. The normalized spacial score (nSPS) is 19.2. The first-order valence-electron chi connectivity index (χ1n) is 9.38. The summed E-state index contributed by atoms with van der Waals surface area (Å²) in [5.41, 5.74) is 0.700. The minimum atomic E-state index is -0.00433. The van der Waals surface area contributed by atoms with E-state index in [4.69, 9.17) is 15.3 Å². The molecule has 2 atom stereocenters. The van der Waals surface area contributed by atoms with E-state index in [0.717, 1.165) is 6.42 Å². The summed E-state index contributed by atoms with van der Waals surface area (Å²) in [5, 5.41) is 11.9. The predicted molar refractivity (Wildman–Crippen MR) is 109 cm³/mol. The highest BCUT2D eigenvalue weighted by atomic mass is 32.2. The highest BCUT2D eigenvalue weighted by Crippen LogP contribution is 2.33. The van der Waals surface area contributed by atoms with E-state index in [1.807, 2.05) is 6.07 Å². The summed E-state index contributed by atoms with van der Waals surface area (Å²) >= 11 is 1.27. The third kappa shape index (κ3) is 4.52. The number of carbonyl (C=O) groups excluding carboxylic acids is 1. The van der Waals surface area contributed by atoms with Crippen LogP contribution in [0.3, 0.4) is 0 Å². The Morgan fingerprint density at radius 2 is 2.07 bits per heavy atom.